The molecule has 5 heteroatoms. The van der Waals surface area contributed by atoms with E-state index in [9.17, 15) is 8.42 Å². The first-order chi connectivity index (χ1) is 8.23. The lowest BCUT2D eigenvalue weighted by Gasteiger charge is -2.29. The minimum atomic E-state index is -3.11. The molecule has 18 heavy (non-hydrogen) atoms. The van der Waals surface area contributed by atoms with Crippen LogP contribution in [0.3, 0.4) is 0 Å². The van der Waals surface area contributed by atoms with E-state index in [0.29, 0.717) is 18.5 Å². The fraction of sp³-hybridized carbons (Fsp3) is 1.00. The Morgan fingerprint density at radius 3 is 2.22 bits per heavy atom. The highest BCUT2D eigenvalue weighted by Crippen LogP contribution is 2.27. The number of hydrogen-bond donors (Lipinski definition) is 2. The Labute approximate surface area is 111 Å². The van der Waals surface area contributed by atoms with Crippen molar-refractivity contribution in [1.29, 1.82) is 0 Å². The van der Waals surface area contributed by atoms with Crippen LogP contribution >= 0.6 is 0 Å². The third-order valence-corrected chi connectivity index (χ3v) is 5.37. The van der Waals surface area contributed by atoms with Crippen molar-refractivity contribution >= 4 is 10.0 Å². The lowest BCUT2D eigenvalue weighted by Crippen LogP contribution is -2.48. The first kappa shape index (κ1) is 14.3. The molecule has 0 saturated carbocycles. The molecule has 0 aliphatic carbocycles. The summed E-state index contributed by atoms with van der Waals surface area (Å²) in [7, 11) is -3.11. The molecule has 2 fully saturated rings. The monoisotopic (exact) mass is 274 g/mol. The Kier molecular flexibility index (Phi) is 4.04. The van der Waals surface area contributed by atoms with E-state index in [2.05, 4.69) is 30.8 Å². The van der Waals surface area contributed by atoms with Crippen molar-refractivity contribution in [3.63, 3.8) is 0 Å². The summed E-state index contributed by atoms with van der Waals surface area (Å²) in [4.78, 5) is 0. The second kappa shape index (κ2) is 5.10. The van der Waals surface area contributed by atoms with Crippen LogP contribution in [0.25, 0.3) is 0 Å². The van der Waals surface area contributed by atoms with Crippen LogP contribution in [0.15, 0.2) is 0 Å². The summed E-state index contributed by atoms with van der Waals surface area (Å²) in [5, 5.41) is 3.53. The average Bonchev–Trinajstić information content (AvgIpc) is 2.54. The minimum absolute atomic E-state index is 0.0713. The SMILES string of the molecule is CC(C)(C)CCS(=O)(=O)NC1CC2CCC(C1)N2. The molecule has 0 aromatic carbocycles. The lowest BCUT2D eigenvalue weighted by atomic mass is 9.94. The molecule has 2 saturated heterocycles. The van der Waals surface area contributed by atoms with Gasteiger partial charge in [-0.3, -0.25) is 0 Å². The summed E-state index contributed by atoms with van der Waals surface area (Å²) in [6.45, 7) is 6.23. The lowest BCUT2D eigenvalue weighted by molar-refractivity contribution is 0.343. The van der Waals surface area contributed by atoms with Gasteiger partial charge in [-0.25, -0.2) is 13.1 Å². The van der Waals surface area contributed by atoms with E-state index in [1.165, 1.54) is 12.8 Å². The van der Waals surface area contributed by atoms with Crippen molar-refractivity contribution in [1.82, 2.24) is 10.0 Å². The fourth-order valence-corrected chi connectivity index (χ4v) is 4.61. The predicted molar refractivity (Wildman–Crippen MR) is 74.0 cm³/mol. The van der Waals surface area contributed by atoms with Gasteiger partial charge in [-0.1, -0.05) is 20.8 Å². The van der Waals surface area contributed by atoms with Crippen LogP contribution in [0, 0.1) is 5.41 Å². The standard InChI is InChI=1S/C13H26N2O2S/c1-13(2,3)6-7-18(16,17)15-12-8-10-4-5-11(9-12)14-10/h10-12,14-15H,4-9H2,1-3H3. The summed E-state index contributed by atoms with van der Waals surface area (Å²) >= 11 is 0. The largest absolute Gasteiger partial charge is 0.311 e. The summed E-state index contributed by atoms with van der Waals surface area (Å²) in [6, 6.07) is 1.20. The second-order valence-electron chi connectivity index (χ2n) is 7.05. The van der Waals surface area contributed by atoms with E-state index in [1.807, 2.05) is 0 Å². The summed E-state index contributed by atoms with van der Waals surface area (Å²) in [5.41, 5.74) is 0.0713. The summed E-state index contributed by atoms with van der Waals surface area (Å²) in [5.74, 6) is 0.246. The zero-order valence-electron chi connectivity index (χ0n) is 11.7. The molecule has 0 aromatic rings. The van der Waals surface area contributed by atoms with Gasteiger partial charge in [-0.15, -0.1) is 0 Å². The average molecular weight is 274 g/mol. The normalized spacial score (nSPS) is 32.7. The number of hydrogen-bond acceptors (Lipinski definition) is 3. The van der Waals surface area contributed by atoms with Crippen molar-refractivity contribution in [3.05, 3.63) is 0 Å². The highest BCUT2D eigenvalue weighted by molar-refractivity contribution is 7.89. The molecule has 2 rings (SSSR count). The van der Waals surface area contributed by atoms with Crippen LogP contribution < -0.4 is 10.0 Å². The van der Waals surface area contributed by atoms with Gasteiger partial charge in [0.15, 0.2) is 0 Å². The van der Waals surface area contributed by atoms with Crippen LogP contribution in [0.5, 0.6) is 0 Å². The molecule has 0 aromatic heterocycles. The Morgan fingerprint density at radius 1 is 1.17 bits per heavy atom. The van der Waals surface area contributed by atoms with E-state index in [1.54, 1.807) is 0 Å². The molecule has 2 aliphatic rings. The van der Waals surface area contributed by atoms with E-state index in [0.717, 1.165) is 12.8 Å². The maximum atomic E-state index is 12.0. The Balaban J connectivity index is 1.85. The molecular formula is C13H26N2O2S. The highest BCUT2D eigenvalue weighted by atomic mass is 32.2. The van der Waals surface area contributed by atoms with Crippen molar-refractivity contribution in [2.45, 2.75) is 71.0 Å². The smallest absolute Gasteiger partial charge is 0.211 e. The molecule has 106 valence electrons. The fourth-order valence-electron chi connectivity index (χ4n) is 2.91. The van der Waals surface area contributed by atoms with Crippen molar-refractivity contribution < 1.29 is 8.42 Å². The maximum absolute atomic E-state index is 12.0. The molecule has 0 spiro atoms. The Bertz CT molecular complexity index is 374. The first-order valence-corrected chi connectivity index (χ1v) is 8.65. The zero-order valence-corrected chi connectivity index (χ0v) is 12.5. The van der Waals surface area contributed by atoms with E-state index < -0.39 is 10.0 Å². The third-order valence-electron chi connectivity index (χ3n) is 3.94. The van der Waals surface area contributed by atoms with Crippen LogP contribution in [0.2, 0.25) is 0 Å². The Morgan fingerprint density at radius 2 is 1.72 bits per heavy atom. The Hall–Kier alpha value is -0.130. The van der Waals surface area contributed by atoms with Gasteiger partial charge in [0.25, 0.3) is 0 Å². The summed E-state index contributed by atoms with van der Waals surface area (Å²) < 4.78 is 27.0. The third kappa shape index (κ3) is 4.21. The molecule has 2 aliphatic heterocycles. The number of sulfonamides is 1. The summed E-state index contributed by atoms with van der Waals surface area (Å²) in [6.07, 6.45) is 5.01. The molecule has 2 atom stereocenters. The zero-order chi connectivity index (χ0) is 13.4. The van der Waals surface area contributed by atoms with Gasteiger partial charge in [0.1, 0.15) is 0 Å². The molecule has 2 heterocycles. The van der Waals surface area contributed by atoms with Gasteiger partial charge in [0.05, 0.1) is 5.75 Å². The molecular weight excluding hydrogens is 248 g/mol. The second-order valence-corrected chi connectivity index (χ2v) is 8.93. The van der Waals surface area contributed by atoms with Crippen molar-refractivity contribution in [3.8, 4) is 0 Å². The van der Waals surface area contributed by atoms with Crippen molar-refractivity contribution in [2.75, 3.05) is 5.75 Å². The first-order valence-electron chi connectivity index (χ1n) is 7.00. The van der Waals surface area contributed by atoms with Crippen LogP contribution in [0.4, 0.5) is 0 Å². The van der Waals surface area contributed by atoms with Gasteiger partial charge in [0.2, 0.25) is 10.0 Å². The molecule has 2 N–H and O–H groups in total. The van der Waals surface area contributed by atoms with Crippen LogP contribution in [0.1, 0.15) is 52.9 Å². The van der Waals surface area contributed by atoms with Gasteiger partial charge in [0, 0.05) is 18.1 Å². The number of fused-ring (bicyclic) bond motifs is 2. The highest BCUT2D eigenvalue weighted by Gasteiger charge is 2.35. The maximum Gasteiger partial charge on any atom is 0.211 e. The molecule has 0 amide bonds. The minimum Gasteiger partial charge on any atom is -0.311 e. The van der Waals surface area contributed by atoms with E-state index >= 15 is 0 Å². The van der Waals surface area contributed by atoms with E-state index in [4.69, 9.17) is 0 Å². The number of rotatable bonds is 4. The molecule has 0 radical (unpaired) electrons. The van der Waals surface area contributed by atoms with Gasteiger partial charge in [-0.2, -0.15) is 0 Å². The van der Waals surface area contributed by atoms with Crippen molar-refractivity contribution in [2.24, 2.45) is 5.41 Å². The van der Waals surface area contributed by atoms with Gasteiger partial charge >= 0.3 is 0 Å². The topological polar surface area (TPSA) is 58.2 Å². The predicted octanol–water partition coefficient (Wildman–Crippen LogP) is 1.62. The molecule has 2 unspecified atom stereocenters. The quantitative estimate of drug-likeness (QED) is 0.819. The molecule has 4 nitrogen and oxygen atoms in total. The van der Waals surface area contributed by atoms with Crippen LogP contribution in [-0.2, 0) is 10.0 Å². The molecule has 2 bridgehead atoms. The van der Waals surface area contributed by atoms with Gasteiger partial charge in [-0.05, 0) is 37.5 Å². The van der Waals surface area contributed by atoms with E-state index in [-0.39, 0.29) is 17.2 Å². The van der Waals surface area contributed by atoms with Crippen LogP contribution in [-0.4, -0.2) is 32.3 Å². The number of nitrogens with one attached hydrogen (secondary N) is 2. The number of piperidine rings is 1. The van der Waals surface area contributed by atoms with Gasteiger partial charge < -0.3 is 5.32 Å².